The highest BCUT2D eigenvalue weighted by molar-refractivity contribution is 5.95. The molecule has 3 aromatic rings. The average Bonchev–Trinajstić information content (AvgIpc) is 3.36. The minimum Gasteiger partial charge on any atom is -0.389 e. The zero-order valence-corrected chi connectivity index (χ0v) is 27.1. The molecule has 1 aromatic carbocycles. The van der Waals surface area contributed by atoms with Crippen molar-refractivity contribution in [1.29, 1.82) is 0 Å². The van der Waals surface area contributed by atoms with Crippen LogP contribution in [-0.4, -0.2) is 76.4 Å². The van der Waals surface area contributed by atoms with Gasteiger partial charge in [-0.1, -0.05) is 65.8 Å². The lowest BCUT2D eigenvalue weighted by molar-refractivity contribution is 0.0375. The maximum atomic E-state index is 13.8. The van der Waals surface area contributed by atoms with Crippen molar-refractivity contribution in [1.82, 2.24) is 19.4 Å². The maximum absolute atomic E-state index is 13.8. The van der Waals surface area contributed by atoms with Crippen molar-refractivity contribution < 1.29 is 14.6 Å². The monoisotopic (exact) mass is 578 g/mol. The van der Waals surface area contributed by atoms with Crippen molar-refractivity contribution in [3.8, 4) is 11.3 Å². The van der Waals surface area contributed by atoms with Gasteiger partial charge in [0.05, 0.1) is 30.5 Å². The van der Waals surface area contributed by atoms with Crippen LogP contribution in [-0.2, 0) is 11.2 Å². The van der Waals surface area contributed by atoms with Crippen molar-refractivity contribution in [3.63, 3.8) is 0 Å². The molecule has 7 nitrogen and oxygen atoms in total. The number of amides is 1. The number of aliphatic hydroxyl groups excluding tert-OH is 1. The fraction of sp³-hybridized carbons (Fsp3) is 0.600. The first-order chi connectivity index (χ1) is 20.2. The Hall–Kier alpha value is -2.74. The summed E-state index contributed by atoms with van der Waals surface area (Å²) in [5.74, 6) is 1.20. The summed E-state index contributed by atoms with van der Waals surface area (Å²) in [4.78, 5) is 18.3. The molecule has 0 aliphatic carbocycles. The molecule has 1 saturated heterocycles. The van der Waals surface area contributed by atoms with E-state index in [1.807, 2.05) is 65.9 Å². The van der Waals surface area contributed by atoms with Gasteiger partial charge < -0.3 is 14.7 Å². The summed E-state index contributed by atoms with van der Waals surface area (Å²) >= 11 is 0. The molecule has 7 heteroatoms. The van der Waals surface area contributed by atoms with Gasteiger partial charge in [-0.15, -0.1) is 0 Å². The molecular formula is C35H54N4O3. The third-order valence-corrected chi connectivity index (χ3v) is 7.90. The molecule has 1 aliphatic heterocycles. The first-order valence-electron chi connectivity index (χ1n) is 16.1. The second-order valence-electron chi connectivity index (χ2n) is 12.1. The Bertz CT molecular complexity index is 1220. The molecule has 2 aromatic heterocycles. The fourth-order valence-electron chi connectivity index (χ4n) is 5.26. The highest BCUT2D eigenvalue weighted by atomic mass is 16.5. The minimum atomic E-state index is -0.508. The van der Waals surface area contributed by atoms with E-state index in [0.29, 0.717) is 11.8 Å². The van der Waals surface area contributed by atoms with E-state index in [-0.39, 0.29) is 5.91 Å². The molecule has 1 atom stereocenters. The first kappa shape index (κ1) is 33.8. The van der Waals surface area contributed by atoms with E-state index >= 15 is 0 Å². The highest BCUT2D eigenvalue weighted by Crippen LogP contribution is 2.29. The molecule has 4 rings (SSSR count). The number of fused-ring (bicyclic) bond motifs is 1. The van der Waals surface area contributed by atoms with Crippen LogP contribution in [0.25, 0.3) is 16.8 Å². The summed E-state index contributed by atoms with van der Waals surface area (Å²) in [6, 6.07) is 12.0. The van der Waals surface area contributed by atoms with E-state index in [2.05, 4.69) is 32.6 Å². The van der Waals surface area contributed by atoms with E-state index in [1.54, 1.807) is 6.92 Å². The number of morpholine rings is 1. The van der Waals surface area contributed by atoms with Crippen molar-refractivity contribution in [2.24, 2.45) is 11.8 Å². The van der Waals surface area contributed by atoms with E-state index < -0.39 is 6.10 Å². The van der Waals surface area contributed by atoms with Gasteiger partial charge in [0.15, 0.2) is 0 Å². The van der Waals surface area contributed by atoms with E-state index in [9.17, 15) is 9.90 Å². The molecular weight excluding hydrogens is 524 g/mol. The molecule has 1 amide bonds. The van der Waals surface area contributed by atoms with Crippen molar-refractivity contribution in [2.45, 2.75) is 80.3 Å². The van der Waals surface area contributed by atoms with E-state index in [0.717, 1.165) is 99.5 Å². The number of aryl methyl sites for hydroxylation is 1. The predicted octanol–water partition coefficient (Wildman–Crippen LogP) is 6.88. The second-order valence-corrected chi connectivity index (χ2v) is 12.1. The number of benzene rings is 1. The maximum Gasteiger partial charge on any atom is 0.253 e. The van der Waals surface area contributed by atoms with Gasteiger partial charge in [-0.05, 0) is 68.7 Å². The third-order valence-electron chi connectivity index (χ3n) is 7.90. The third kappa shape index (κ3) is 9.38. The number of aromatic nitrogens is 2. The van der Waals surface area contributed by atoms with E-state index in [4.69, 9.17) is 9.84 Å². The van der Waals surface area contributed by atoms with Gasteiger partial charge in [-0.25, -0.2) is 4.52 Å². The smallest absolute Gasteiger partial charge is 0.253 e. The number of hydrogen-bond donors (Lipinski definition) is 1. The number of pyridine rings is 1. The highest BCUT2D eigenvalue weighted by Gasteiger charge is 2.21. The number of nitrogens with zero attached hydrogens (tertiary/aromatic N) is 4. The molecule has 1 unspecified atom stereocenters. The number of carbonyl (C=O) groups is 1. The summed E-state index contributed by atoms with van der Waals surface area (Å²) in [6.45, 7) is 20.7. The van der Waals surface area contributed by atoms with Crippen LogP contribution in [0.1, 0.15) is 95.3 Å². The van der Waals surface area contributed by atoms with Gasteiger partial charge >= 0.3 is 0 Å². The Morgan fingerprint density at radius 3 is 2.17 bits per heavy atom. The van der Waals surface area contributed by atoms with Gasteiger partial charge in [-0.2, -0.15) is 5.10 Å². The number of rotatable bonds is 13. The first-order valence-corrected chi connectivity index (χ1v) is 16.1. The standard InChI is InChI=1S/C33H48N4O3.C2H6/c1-24(2)12-16-36(17-13-25(3)4)33(39)29-14-18-37-31(23-29)30(7-6-15-35-19-21-40-22-20-35)32(34-37)28-10-8-27(9-11-28)26(5)38;1-2/h8-11,14,18,23-26,38H,6-7,12-13,15-17,19-22H2,1-5H3;1-2H3. The van der Waals surface area contributed by atoms with E-state index in [1.165, 1.54) is 5.56 Å². The Kier molecular flexibility index (Phi) is 13.5. The van der Waals surface area contributed by atoms with Gasteiger partial charge in [0.1, 0.15) is 0 Å². The summed E-state index contributed by atoms with van der Waals surface area (Å²) in [6.07, 6.45) is 5.30. The molecule has 0 radical (unpaired) electrons. The minimum absolute atomic E-state index is 0.104. The lowest BCUT2D eigenvalue weighted by atomic mass is 10.00. The molecule has 0 bridgehead atoms. The Labute approximate surface area is 253 Å². The van der Waals surface area contributed by atoms with Crippen LogP contribution in [0.4, 0.5) is 0 Å². The van der Waals surface area contributed by atoms with Gasteiger partial charge in [-0.3, -0.25) is 9.69 Å². The second kappa shape index (κ2) is 16.8. The zero-order chi connectivity index (χ0) is 30.6. The normalized spacial score (nSPS) is 14.7. The van der Waals surface area contributed by atoms with Crippen LogP contribution in [0.3, 0.4) is 0 Å². The number of aliphatic hydroxyl groups is 1. The Morgan fingerprint density at radius 1 is 0.976 bits per heavy atom. The molecule has 232 valence electrons. The molecule has 1 fully saturated rings. The summed E-state index contributed by atoms with van der Waals surface area (Å²) < 4.78 is 7.44. The van der Waals surface area contributed by atoms with Gasteiger partial charge in [0, 0.05) is 49.1 Å². The van der Waals surface area contributed by atoms with Gasteiger partial charge in [0.25, 0.3) is 5.91 Å². The molecule has 3 heterocycles. The zero-order valence-electron chi connectivity index (χ0n) is 27.1. The van der Waals surface area contributed by atoms with Crippen LogP contribution in [0, 0.1) is 11.8 Å². The topological polar surface area (TPSA) is 70.3 Å². The predicted molar refractivity (Wildman–Crippen MR) is 173 cm³/mol. The number of hydrogen-bond acceptors (Lipinski definition) is 5. The van der Waals surface area contributed by atoms with Crippen LogP contribution in [0.5, 0.6) is 0 Å². The lowest BCUT2D eigenvalue weighted by Gasteiger charge is -2.26. The SMILES string of the molecule is CC.CC(C)CCN(CCC(C)C)C(=O)c1ccn2nc(-c3ccc(C(C)O)cc3)c(CCCN3CCOCC3)c2c1. The number of carbonyl (C=O) groups excluding carboxylic acids is 1. The molecule has 1 aliphatic rings. The average molecular weight is 579 g/mol. The lowest BCUT2D eigenvalue weighted by Crippen LogP contribution is -2.36. The quantitative estimate of drug-likeness (QED) is 0.239. The molecule has 0 spiro atoms. The number of ether oxygens (including phenoxy) is 1. The van der Waals surface area contributed by atoms with Crippen LogP contribution < -0.4 is 0 Å². The fourth-order valence-corrected chi connectivity index (χ4v) is 5.26. The largest absolute Gasteiger partial charge is 0.389 e. The summed E-state index contributed by atoms with van der Waals surface area (Å²) in [7, 11) is 0. The molecule has 1 N–H and O–H groups in total. The van der Waals surface area contributed by atoms with Crippen LogP contribution in [0.15, 0.2) is 42.6 Å². The summed E-state index contributed by atoms with van der Waals surface area (Å²) in [5, 5.41) is 15.0. The Balaban J connectivity index is 0.00000237. The summed E-state index contributed by atoms with van der Waals surface area (Å²) in [5.41, 5.74) is 5.75. The molecule has 0 saturated carbocycles. The Morgan fingerprint density at radius 2 is 1.60 bits per heavy atom. The van der Waals surface area contributed by atoms with Crippen molar-refractivity contribution in [3.05, 3.63) is 59.3 Å². The van der Waals surface area contributed by atoms with Crippen LogP contribution >= 0.6 is 0 Å². The van der Waals surface area contributed by atoms with Gasteiger partial charge in [0.2, 0.25) is 0 Å². The van der Waals surface area contributed by atoms with Crippen LogP contribution in [0.2, 0.25) is 0 Å². The molecule has 42 heavy (non-hydrogen) atoms. The van der Waals surface area contributed by atoms with Crippen molar-refractivity contribution in [2.75, 3.05) is 45.9 Å². The van der Waals surface area contributed by atoms with Crippen molar-refractivity contribution >= 4 is 11.4 Å².